The van der Waals surface area contributed by atoms with Crippen LogP contribution >= 0.6 is 0 Å². The van der Waals surface area contributed by atoms with Crippen LogP contribution in [0.5, 0.6) is 0 Å². The van der Waals surface area contributed by atoms with Gasteiger partial charge in [0.1, 0.15) is 11.6 Å². The SMILES string of the molecule is CCCNC(C)c1ccc(F)c(-c2nccn2CCC)c1. The van der Waals surface area contributed by atoms with E-state index in [1.54, 1.807) is 12.3 Å². The van der Waals surface area contributed by atoms with Crippen molar-refractivity contribution in [1.29, 1.82) is 0 Å². The van der Waals surface area contributed by atoms with Gasteiger partial charge in [0.15, 0.2) is 0 Å². The van der Waals surface area contributed by atoms with Crippen molar-refractivity contribution in [2.45, 2.75) is 46.2 Å². The molecular weight excluding hydrogens is 265 g/mol. The Morgan fingerprint density at radius 3 is 2.81 bits per heavy atom. The molecule has 0 aliphatic heterocycles. The van der Waals surface area contributed by atoms with Gasteiger partial charge in [-0.05, 0) is 44.0 Å². The first-order chi connectivity index (χ1) is 10.2. The number of hydrogen-bond donors (Lipinski definition) is 1. The Bertz CT molecular complexity index is 577. The van der Waals surface area contributed by atoms with Crippen molar-refractivity contribution in [1.82, 2.24) is 14.9 Å². The average Bonchev–Trinajstić information content (AvgIpc) is 2.94. The van der Waals surface area contributed by atoms with Gasteiger partial charge >= 0.3 is 0 Å². The Labute approximate surface area is 126 Å². The summed E-state index contributed by atoms with van der Waals surface area (Å²) in [5.74, 6) is 0.490. The third-order valence-corrected chi connectivity index (χ3v) is 3.61. The molecule has 1 N–H and O–H groups in total. The summed E-state index contributed by atoms with van der Waals surface area (Å²) in [4.78, 5) is 4.33. The van der Waals surface area contributed by atoms with Crippen molar-refractivity contribution < 1.29 is 4.39 Å². The monoisotopic (exact) mass is 289 g/mol. The van der Waals surface area contributed by atoms with Crippen LogP contribution in [0.15, 0.2) is 30.6 Å². The van der Waals surface area contributed by atoms with Gasteiger partial charge in [0.05, 0.1) is 5.56 Å². The summed E-state index contributed by atoms with van der Waals surface area (Å²) in [6.45, 7) is 8.15. The molecule has 0 spiro atoms. The molecule has 21 heavy (non-hydrogen) atoms. The van der Waals surface area contributed by atoms with Crippen molar-refractivity contribution in [2.24, 2.45) is 0 Å². The molecule has 0 aliphatic carbocycles. The van der Waals surface area contributed by atoms with Crippen LogP contribution in [0.25, 0.3) is 11.4 Å². The number of imidazole rings is 1. The van der Waals surface area contributed by atoms with Crippen LogP contribution in [-0.2, 0) is 6.54 Å². The second kappa shape index (κ2) is 7.36. The molecule has 1 atom stereocenters. The first-order valence-electron chi connectivity index (χ1n) is 7.71. The van der Waals surface area contributed by atoms with Crippen LogP contribution in [0.3, 0.4) is 0 Å². The molecule has 0 fully saturated rings. The normalized spacial score (nSPS) is 12.6. The Kier molecular flexibility index (Phi) is 5.51. The molecule has 3 nitrogen and oxygen atoms in total. The Morgan fingerprint density at radius 1 is 1.29 bits per heavy atom. The molecule has 2 aromatic rings. The average molecular weight is 289 g/mol. The lowest BCUT2D eigenvalue weighted by Crippen LogP contribution is -2.19. The van der Waals surface area contributed by atoms with Gasteiger partial charge < -0.3 is 9.88 Å². The summed E-state index contributed by atoms with van der Waals surface area (Å²) in [7, 11) is 0. The molecule has 0 saturated heterocycles. The zero-order chi connectivity index (χ0) is 15.2. The van der Waals surface area contributed by atoms with Crippen LogP contribution in [-0.4, -0.2) is 16.1 Å². The number of rotatable bonds is 7. The van der Waals surface area contributed by atoms with E-state index in [0.29, 0.717) is 11.4 Å². The first-order valence-corrected chi connectivity index (χ1v) is 7.71. The van der Waals surface area contributed by atoms with Crippen molar-refractivity contribution in [3.05, 3.63) is 42.0 Å². The number of nitrogens with zero attached hydrogens (tertiary/aromatic N) is 2. The number of benzene rings is 1. The highest BCUT2D eigenvalue weighted by atomic mass is 19.1. The lowest BCUT2D eigenvalue weighted by molar-refractivity contribution is 0.567. The van der Waals surface area contributed by atoms with E-state index in [9.17, 15) is 4.39 Å². The minimum Gasteiger partial charge on any atom is -0.331 e. The smallest absolute Gasteiger partial charge is 0.142 e. The minimum atomic E-state index is -0.218. The Balaban J connectivity index is 2.32. The van der Waals surface area contributed by atoms with Crippen LogP contribution in [0.4, 0.5) is 4.39 Å². The highest BCUT2D eigenvalue weighted by molar-refractivity contribution is 5.58. The molecule has 1 unspecified atom stereocenters. The van der Waals surface area contributed by atoms with E-state index in [1.807, 2.05) is 22.9 Å². The van der Waals surface area contributed by atoms with Gasteiger partial charge in [-0.15, -0.1) is 0 Å². The number of nitrogens with one attached hydrogen (secondary N) is 1. The fraction of sp³-hybridized carbons (Fsp3) is 0.471. The maximum absolute atomic E-state index is 14.2. The first kappa shape index (κ1) is 15.7. The summed E-state index contributed by atoms with van der Waals surface area (Å²) in [5, 5.41) is 3.43. The van der Waals surface area contributed by atoms with E-state index in [4.69, 9.17) is 0 Å². The largest absolute Gasteiger partial charge is 0.331 e. The molecule has 0 amide bonds. The quantitative estimate of drug-likeness (QED) is 0.829. The second-order valence-corrected chi connectivity index (χ2v) is 5.36. The fourth-order valence-corrected chi connectivity index (χ4v) is 2.44. The lowest BCUT2D eigenvalue weighted by Gasteiger charge is -2.15. The highest BCUT2D eigenvalue weighted by Crippen LogP contribution is 2.25. The van der Waals surface area contributed by atoms with Crippen molar-refractivity contribution in [3.8, 4) is 11.4 Å². The summed E-state index contributed by atoms with van der Waals surface area (Å²) < 4.78 is 16.2. The van der Waals surface area contributed by atoms with Crippen LogP contribution in [0.2, 0.25) is 0 Å². The third kappa shape index (κ3) is 3.70. The van der Waals surface area contributed by atoms with E-state index in [-0.39, 0.29) is 11.9 Å². The number of hydrogen-bond acceptors (Lipinski definition) is 2. The van der Waals surface area contributed by atoms with Crippen LogP contribution in [0, 0.1) is 5.82 Å². The maximum Gasteiger partial charge on any atom is 0.142 e. The van der Waals surface area contributed by atoms with Crippen LogP contribution in [0.1, 0.15) is 45.2 Å². The number of aryl methyl sites for hydroxylation is 1. The van der Waals surface area contributed by atoms with E-state index >= 15 is 0 Å². The van der Waals surface area contributed by atoms with Crippen LogP contribution < -0.4 is 5.32 Å². The third-order valence-electron chi connectivity index (χ3n) is 3.61. The van der Waals surface area contributed by atoms with E-state index in [1.165, 1.54) is 0 Å². The van der Waals surface area contributed by atoms with E-state index in [0.717, 1.165) is 31.5 Å². The van der Waals surface area contributed by atoms with Gasteiger partial charge in [0.2, 0.25) is 0 Å². The molecule has 1 aromatic heterocycles. The predicted octanol–water partition coefficient (Wildman–Crippen LogP) is 4.16. The molecule has 114 valence electrons. The molecule has 4 heteroatoms. The Morgan fingerprint density at radius 2 is 2.10 bits per heavy atom. The molecule has 0 saturated carbocycles. The molecule has 1 aromatic carbocycles. The Hall–Kier alpha value is -1.68. The summed E-state index contributed by atoms with van der Waals surface area (Å²) in [5.41, 5.74) is 1.67. The molecule has 0 aliphatic rings. The predicted molar refractivity (Wildman–Crippen MR) is 84.6 cm³/mol. The minimum absolute atomic E-state index is 0.207. The van der Waals surface area contributed by atoms with E-state index in [2.05, 4.69) is 31.1 Å². The number of aromatic nitrogens is 2. The highest BCUT2D eigenvalue weighted by Gasteiger charge is 2.14. The van der Waals surface area contributed by atoms with Gasteiger partial charge in [0.25, 0.3) is 0 Å². The summed E-state index contributed by atoms with van der Waals surface area (Å²) in [6, 6.07) is 5.51. The molecule has 1 heterocycles. The van der Waals surface area contributed by atoms with Gasteiger partial charge in [-0.3, -0.25) is 0 Å². The van der Waals surface area contributed by atoms with Gasteiger partial charge in [-0.1, -0.05) is 19.9 Å². The zero-order valence-corrected chi connectivity index (χ0v) is 13.1. The number of halogens is 1. The molecule has 0 bridgehead atoms. The second-order valence-electron chi connectivity index (χ2n) is 5.36. The van der Waals surface area contributed by atoms with Crippen molar-refractivity contribution >= 4 is 0 Å². The van der Waals surface area contributed by atoms with Gasteiger partial charge in [0, 0.05) is 25.0 Å². The fourth-order valence-electron chi connectivity index (χ4n) is 2.44. The molecular formula is C17H24FN3. The topological polar surface area (TPSA) is 29.9 Å². The van der Waals surface area contributed by atoms with Gasteiger partial charge in [-0.25, -0.2) is 9.37 Å². The van der Waals surface area contributed by atoms with Crippen molar-refractivity contribution in [3.63, 3.8) is 0 Å². The van der Waals surface area contributed by atoms with Gasteiger partial charge in [-0.2, -0.15) is 0 Å². The lowest BCUT2D eigenvalue weighted by atomic mass is 10.0. The molecule has 0 radical (unpaired) electrons. The zero-order valence-electron chi connectivity index (χ0n) is 13.1. The maximum atomic E-state index is 14.2. The van der Waals surface area contributed by atoms with Crippen molar-refractivity contribution in [2.75, 3.05) is 6.54 Å². The van der Waals surface area contributed by atoms with E-state index < -0.39 is 0 Å². The summed E-state index contributed by atoms with van der Waals surface area (Å²) >= 11 is 0. The summed E-state index contributed by atoms with van der Waals surface area (Å²) in [6.07, 6.45) is 5.72. The standard InChI is InChI=1S/C17H24FN3/c1-4-8-19-13(3)14-6-7-16(18)15(12-14)17-20-9-11-21(17)10-5-2/h6-7,9,11-13,19H,4-5,8,10H2,1-3H3. The molecule has 2 rings (SSSR count).